The van der Waals surface area contributed by atoms with Crippen molar-refractivity contribution in [2.75, 3.05) is 19.5 Å². The number of hydrogen-bond donors (Lipinski definition) is 3. The highest BCUT2D eigenvalue weighted by atomic mass is 16.5. The summed E-state index contributed by atoms with van der Waals surface area (Å²) in [6, 6.07) is 10.9. The third kappa shape index (κ3) is 4.96. The van der Waals surface area contributed by atoms with Gasteiger partial charge in [0, 0.05) is 0 Å². The highest BCUT2D eigenvalue weighted by Gasteiger charge is 2.30. The molecule has 2 atom stereocenters. The molecule has 2 aromatic rings. The molecule has 2 aromatic carbocycles. The van der Waals surface area contributed by atoms with Gasteiger partial charge in [0.2, 0.25) is 11.8 Å². The molecule has 1 heterocycles. The molecular formula is C23H27N3O5. The maximum absolute atomic E-state index is 12.8. The van der Waals surface area contributed by atoms with Crippen LogP contribution in [0.3, 0.4) is 0 Å². The number of carbonyl (C=O) groups excluding carboxylic acids is 3. The second-order valence-corrected chi connectivity index (χ2v) is 7.67. The number of benzene rings is 2. The lowest BCUT2D eigenvalue weighted by Gasteiger charge is -2.25. The van der Waals surface area contributed by atoms with Crippen LogP contribution in [0, 0.1) is 5.92 Å². The Hall–Kier alpha value is -3.55. The van der Waals surface area contributed by atoms with Crippen molar-refractivity contribution < 1.29 is 23.9 Å². The summed E-state index contributed by atoms with van der Waals surface area (Å²) in [6.07, 6.45) is -0.179. The first kappa shape index (κ1) is 22.1. The summed E-state index contributed by atoms with van der Waals surface area (Å²) >= 11 is 0. The van der Waals surface area contributed by atoms with Gasteiger partial charge in [-0.15, -0.1) is 0 Å². The molecule has 8 nitrogen and oxygen atoms in total. The lowest BCUT2D eigenvalue weighted by molar-refractivity contribution is -0.126. The van der Waals surface area contributed by atoms with Crippen LogP contribution in [0.25, 0.3) is 0 Å². The van der Waals surface area contributed by atoms with E-state index < -0.39 is 17.9 Å². The van der Waals surface area contributed by atoms with Crippen LogP contribution < -0.4 is 25.4 Å². The van der Waals surface area contributed by atoms with Crippen LogP contribution in [-0.2, 0) is 9.59 Å². The van der Waals surface area contributed by atoms with E-state index in [9.17, 15) is 14.4 Å². The molecule has 1 aliphatic rings. The van der Waals surface area contributed by atoms with Crippen molar-refractivity contribution in [2.45, 2.75) is 32.4 Å². The lowest BCUT2D eigenvalue weighted by atomic mass is 9.95. The molecule has 0 aliphatic carbocycles. The first-order chi connectivity index (χ1) is 14.8. The van der Waals surface area contributed by atoms with Crippen molar-refractivity contribution in [3.05, 3.63) is 53.6 Å². The van der Waals surface area contributed by atoms with Gasteiger partial charge in [-0.1, -0.05) is 32.0 Å². The summed E-state index contributed by atoms with van der Waals surface area (Å²) in [5.74, 6) is 0.0574. The van der Waals surface area contributed by atoms with Gasteiger partial charge in [0.1, 0.15) is 6.04 Å². The van der Waals surface area contributed by atoms with Crippen LogP contribution in [0.1, 0.15) is 42.2 Å². The predicted octanol–water partition coefficient (Wildman–Crippen LogP) is 2.66. The summed E-state index contributed by atoms with van der Waals surface area (Å²) in [5.41, 5.74) is 1.64. The number of rotatable bonds is 7. The topological polar surface area (TPSA) is 106 Å². The average Bonchev–Trinajstić information content (AvgIpc) is 2.87. The summed E-state index contributed by atoms with van der Waals surface area (Å²) < 4.78 is 10.6. The van der Waals surface area contributed by atoms with Gasteiger partial charge < -0.3 is 25.4 Å². The molecule has 3 rings (SSSR count). The number of anilines is 1. The molecule has 8 heteroatoms. The fourth-order valence-electron chi connectivity index (χ4n) is 3.55. The Kier molecular flexibility index (Phi) is 6.79. The van der Waals surface area contributed by atoms with Gasteiger partial charge in [-0.25, -0.2) is 0 Å². The predicted molar refractivity (Wildman–Crippen MR) is 116 cm³/mol. The fraction of sp³-hybridized carbons (Fsp3) is 0.348. The van der Waals surface area contributed by atoms with Crippen LogP contribution in [0.2, 0.25) is 0 Å². The molecule has 0 saturated carbocycles. The van der Waals surface area contributed by atoms with E-state index in [1.54, 1.807) is 44.6 Å². The number of nitrogens with one attached hydrogen (secondary N) is 3. The third-order valence-electron chi connectivity index (χ3n) is 5.19. The zero-order valence-electron chi connectivity index (χ0n) is 18.0. The lowest BCUT2D eigenvalue weighted by Crippen LogP contribution is -2.45. The zero-order valence-corrected chi connectivity index (χ0v) is 18.0. The third-order valence-corrected chi connectivity index (χ3v) is 5.19. The molecule has 0 radical (unpaired) electrons. The van der Waals surface area contributed by atoms with E-state index in [1.165, 1.54) is 0 Å². The van der Waals surface area contributed by atoms with E-state index in [2.05, 4.69) is 16.0 Å². The Morgan fingerprint density at radius 1 is 1.06 bits per heavy atom. The first-order valence-electron chi connectivity index (χ1n) is 10.1. The molecule has 31 heavy (non-hydrogen) atoms. The number of methoxy groups -OCH3 is 2. The van der Waals surface area contributed by atoms with Gasteiger partial charge in [-0.2, -0.15) is 0 Å². The van der Waals surface area contributed by atoms with Gasteiger partial charge in [-0.3, -0.25) is 14.4 Å². The van der Waals surface area contributed by atoms with E-state index >= 15 is 0 Å². The molecule has 0 fully saturated rings. The largest absolute Gasteiger partial charge is 0.493 e. The summed E-state index contributed by atoms with van der Waals surface area (Å²) in [6.45, 7) is 3.97. The number of amides is 3. The van der Waals surface area contributed by atoms with Crippen molar-refractivity contribution in [3.8, 4) is 11.5 Å². The minimum absolute atomic E-state index is 0.0730. The molecule has 3 N–H and O–H groups in total. The van der Waals surface area contributed by atoms with Crippen molar-refractivity contribution in [2.24, 2.45) is 5.92 Å². The minimum Gasteiger partial charge on any atom is -0.493 e. The second kappa shape index (κ2) is 9.51. The summed E-state index contributed by atoms with van der Waals surface area (Å²) in [5, 5.41) is 8.33. The Bertz CT molecular complexity index is 989. The minimum atomic E-state index is -0.974. The quantitative estimate of drug-likeness (QED) is 0.632. The highest BCUT2D eigenvalue weighted by molar-refractivity contribution is 6.10. The number of hydrogen-bond acceptors (Lipinski definition) is 5. The van der Waals surface area contributed by atoms with Crippen molar-refractivity contribution >= 4 is 23.4 Å². The van der Waals surface area contributed by atoms with Crippen LogP contribution in [0.4, 0.5) is 5.69 Å². The van der Waals surface area contributed by atoms with Crippen molar-refractivity contribution in [1.29, 1.82) is 0 Å². The maximum atomic E-state index is 12.8. The average molecular weight is 425 g/mol. The smallest absolute Gasteiger partial charge is 0.254 e. The van der Waals surface area contributed by atoms with Crippen molar-refractivity contribution in [3.63, 3.8) is 0 Å². The standard InChI is InChI=1S/C23H27N3O5/c1-13(2)21(14-9-10-18(30-3)19(11-14)31-4)26-20(27)12-17-23(29)24-16-8-6-5-7-15(16)22(28)25-17/h5-11,13,17,21H,12H2,1-4H3,(H,24,29)(H,25,28)(H,26,27)/t17-,21+/m1/s1. The summed E-state index contributed by atoms with van der Waals surface area (Å²) in [4.78, 5) is 37.8. The molecule has 164 valence electrons. The van der Waals surface area contributed by atoms with E-state index in [-0.39, 0.29) is 24.3 Å². The van der Waals surface area contributed by atoms with Crippen LogP contribution in [0.15, 0.2) is 42.5 Å². The zero-order chi connectivity index (χ0) is 22.5. The van der Waals surface area contributed by atoms with Gasteiger partial charge in [0.15, 0.2) is 11.5 Å². The Labute approximate surface area is 181 Å². The van der Waals surface area contributed by atoms with Gasteiger partial charge in [0.05, 0.1) is 37.9 Å². The maximum Gasteiger partial charge on any atom is 0.254 e. The Morgan fingerprint density at radius 3 is 2.45 bits per heavy atom. The molecule has 0 saturated heterocycles. The van der Waals surface area contributed by atoms with Crippen LogP contribution in [-0.4, -0.2) is 38.0 Å². The molecule has 0 aromatic heterocycles. The van der Waals surface area contributed by atoms with E-state index in [1.807, 2.05) is 26.0 Å². The van der Waals surface area contributed by atoms with Crippen molar-refractivity contribution in [1.82, 2.24) is 10.6 Å². The number of carbonyl (C=O) groups is 3. The molecule has 0 spiro atoms. The number of fused-ring (bicyclic) bond motifs is 1. The van der Waals surface area contributed by atoms with Crippen LogP contribution in [0.5, 0.6) is 11.5 Å². The Balaban J connectivity index is 1.74. The van der Waals surface area contributed by atoms with E-state index in [0.29, 0.717) is 22.7 Å². The second-order valence-electron chi connectivity index (χ2n) is 7.67. The molecule has 3 amide bonds. The summed E-state index contributed by atoms with van der Waals surface area (Å²) in [7, 11) is 3.11. The highest BCUT2D eigenvalue weighted by Crippen LogP contribution is 2.32. The molecule has 0 unspecified atom stereocenters. The number of ether oxygens (including phenoxy) is 2. The Morgan fingerprint density at radius 2 is 1.77 bits per heavy atom. The van der Waals surface area contributed by atoms with Gasteiger partial charge in [0.25, 0.3) is 5.91 Å². The normalized spacial score (nSPS) is 16.5. The monoisotopic (exact) mass is 425 g/mol. The molecule has 0 bridgehead atoms. The molecule has 1 aliphatic heterocycles. The van der Waals surface area contributed by atoms with Crippen LogP contribution >= 0.6 is 0 Å². The SMILES string of the molecule is COc1ccc([C@@H](NC(=O)C[C@H]2NC(=O)c3ccccc3NC2=O)C(C)C)cc1OC. The first-order valence-corrected chi connectivity index (χ1v) is 10.1. The van der Waals surface area contributed by atoms with Gasteiger partial charge >= 0.3 is 0 Å². The van der Waals surface area contributed by atoms with E-state index in [0.717, 1.165) is 5.56 Å². The fourth-order valence-corrected chi connectivity index (χ4v) is 3.55. The van der Waals surface area contributed by atoms with Gasteiger partial charge in [-0.05, 0) is 35.7 Å². The van der Waals surface area contributed by atoms with E-state index in [4.69, 9.17) is 9.47 Å². The molecular weight excluding hydrogens is 398 g/mol. The number of para-hydroxylation sites is 1.